The van der Waals surface area contributed by atoms with E-state index in [0.717, 1.165) is 0 Å². The molecule has 0 heterocycles. The van der Waals surface area contributed by atoms with Crippen molar-refractivity contribution in [3.05, 3.63) is 0 Å². The molecule has 9 heteroatoms. The number of hydrogen-bond acceptors (Lipinski definition) is 5. The third-order valence-electron chi connectivity index (χ3n) is 0.878. The molecule has 0 atom stereocenters. The first-order chi connectivity index (χ1) is 5.43. The van der Waals surface area contributed by atoms with Crippen LogP contribution in [0, 0.1) is 0 Å². The molecule has 0 saturated carbocycles. The van der Waals surface area contributed by atoms with Crippen LogP contribution >= 0.6 is 0 Å². The van der Waals surface area contributed by atoms with Crippen molar-refractivity contribution in [2.24, 2.45) is 0 Å². The summed E-state index contributed by atoms with van der Waals surface area (Å²) >= 11 is 0. The highest BCUT2D eigenvalue weighted by Gasteiger charge is 2.25. The lowest BCUT2D eigenvalue weighted by molar-refractivity contribution is 0.141. The molecule has 0 aromatic heterocycles. The number of carbonyl (C=O) groups is 1. The molecule has 0 bridgehead atoms. The van der Waals surface area contributed by atoms with E-state index in [2.05, 4.69) is 4.74 Å². The molecule has 0 rings (SSSR count). The Balaban J connectivity index is 4.47. The second-order valence-electron chi connectivity index (χ2n) is 1.67. The largest absolute Gasteiger partial charge is 0.449 e. The minimum atomic E-state index is -4.67. The fraction of sp³-hybridized carbons (Fsp3) is 0.667. The molecule has 0 unspecified atom stereocenters. The molecule has 0 aliphatic heterocycles. The van der Waals surface area contributed by atoms with Gasteiger partial charge in [0.05, 0.1) is 6.61 Å². The Morgan fingerprint density at radius 2 is 2.17 bits per heavy atom. The van der Waals surface area contributed by atoms with Crippen LogP contribution in [0.1, 0.15) is 6.92 Å². The molecular formula is C3H9NO6SSi. The zero-order valence-electron chi connectivity index (χ0n) is 6.30. The monoisotopic (exact) mass is 215 g/mol. The zero-order valence-corrected chi connectivity index (χ0v) is 8.53. The van der Waals surface area contributed by atoms with E-state index < -0.39 is 26.3 Å². The minimum absolute atomic E-state index is 0.0285. The summed E-state index contributed by atoms with van der Waals surface area (Å²) in [4.78, 5) is 19.1. The van der Waals surface area contributed by atoms with E-state index in [0.29, 0.717) is 0 Å². The van der Waals surface area contributed by atoms with Crippen LogP contribution < -0.4 is 0 Å². The normalized spacial score (nSPS) is 11.9. The first-order valence-electron chi connectivity index (χ1n) is 2.96. The van der Waals surface area contributed by atoms with Crippen LogP contribution in [0.15, 0.2) is 0 Å². The first-order valence-corrected chi connectivity index (χ1v) is 5.62. The smallest absolute Gasteiger partial charge is 0.418 e. The van der Waals surface area contributed by atoms with Crippen LogP contribution in [0.25, 0.3) is 0 Å². The lowest BCUT2D eigenvalue weighted by Gasteiger charge is -2.14. The maximum absolute atomic E-state index is 10.7. The van der Waals surface area contributed by atoms with Crippen LogP contribution in [0.2, 0.25) is 0 Å². The number of rotatable bonds is 3. The molecule has 1 amide bonds. The molecule has 0 aliphatic rings. The molecule has 2 N–H and O–H groups in total. The van der Waals surface area contributed by atoms with Crippen molar-refractivity contribution in [2.75, 3.05) is 6.61 Å². The van der Waals surface area contributed by atoms with Gasteiger partial charge in [0.15, 0.2) is 0 Å². The Morgan fingerprint density at radius 1 is 1.67 bits per heavy atom. The summed E-state index contributed by atoms with van der Waals surface area (Å²) in [6.45, 7) is 1.44. The Labute approximate surface area is 71.8 Å². The van der Waals surface area contributed by atoms with E-state index in [1.54, 1.807) is 0 Å². The molecule has 7 nitrogen and oxygen atoms in total. The third kappa shape index (κ3) is 3.17. The van der Waals surface area contributed by atoms with Crippen molar-refractivity contribution in [3.8, 4) is 0 Å². The average molecular weight is 215 g/mol. The van der Waals surface area contributed by atoms with E-state index in [-0.39, 0.29) is 10.6 Å². The number of hydrogen-bond donors (Lipinski definition) is 2. The highest BCUT2D eigenvalue weighted by molar-refractivity contribution is 7.85. The van der Waals surface area contributed by atoms with E-state index in [9.17, 15) is 13.2 Å². The minimum Gasteiger partial charge on any atom is -0.449 e. The third-order valence-corrected chi connectivity index (χ3v) is 3.42. The highest BCUT2D eigenvalue weighted by Crippen LogP contribution is 1.97. The first kappa shape index (κ1) is 11.4. The molecule has 72 valence electrons. The summed E-state index contributed by atoms with van der Waals surface area (Å²) in [7, 11) is -6.99. The fourth-order valence-electron chi connectivity index (χ4n) is 0.420. The van der Waals surface area contributed by atoms with Gasteiger partial charge >= 0.3 is 16.4 Å². The molecule has 0 fully saturated rings. The van der Waals surface area contributed by atoms with Crippen molar-refractivity contribution in [2.45, 2.75) is 6.92 Å². The molecule has 0 aromatic rings. The number of nitrogens with zero attached hydrogens (tertiary/aromatic N) is 1. The predicted molar refractivity (Wildman–Crippen MR) is 41.2 cm³/mol. The van der Waals surface area contributed by atoms with Crippen molar-refractivity contribution in [3.63, 3.8) is 0 Å². The van der Waals surface area contributed by atoms with Gasteiger partial charge in [-0.05, 0) is 6.92 Å². The quantitative estimate of drug-likeness (QED) is 0.427. The number of ether oxygens (including phenoxy) is 1. The van der Waals surface area contributed by atoms with Crippen LogP contribution in [0.4, 0.5) is 4.79 Å². The molecular weight excluding hydrogens is 206 g/mol. The number of amides is 1. The second kappa shape index (κ2) is 4.40. The number of carbonyl (C=O) groups excluding carboxylic acids is 1. The molecule has 0 radical (unpaired) electrons. The summed E-state index contributed by atoms with van der Waals surface area (Å²) in [5.41, 5.74) is 0. The van der Waals surface area contributed by atoms with Crippen LogP contribution in [-0.4, -0.2) is 44.4 Å². The van der Waals surface area contributed by atoms with Gasteiger partial charge in [0.1, 0.15) is 0 Å². The van der Waals surface area contributed by atoms with Gasteiger partial charge in [-0.3, -0.25) is 4.55 Å². The maximum atomic E-state index is 10.7. The summed E-state index contributed by atoms with van der Waals surface area (Å²) in [5, 5.41) is 0. The fourth-order valence-corrected chi connectivity index (χ4v) is 1.45. The Bertz CT molecular complexity index is 250. The van der Waals surface area contributed by atoms with Gasteiger partial charge in [0.2, 0.25) is 0 Å². The van der Waals surface area contributed by atoms with Crippen molar-refractivity contribution in [1.82, 2.24) is 3.97 Å². The maximum Gasteiger partial charge on any atom is 0.418 e. The molecule has 12 heavy (non-hydrogen) atoms. The Morgan fingerprint density at radius 3 is 2.42 bits per heavy atom. The molecule has 0 spiro atoms. The molecule has 0 aliphatic carbocycles. The van der Waals surface area contributed by atoms with E-state index in [1.165, 1.54) is 6.92 Å². The lowest BCUT2D eigenvalue weighted by atomic mass is 10.9. The predicted octanol–water partition coefficient (Wildman–Crippen LogP) is -1.76. The molecule has 0 aromatic carbocycles. The molecule has 0 saturated heterocycles. The Hall–Kier alpha value is -0.643. The SMILES string of the molecule is CCOC(=O)N([SiH2]O)S(=O)(=O)O. The van der Waals surface area contributed by atoms with Crippen molar-refractivity contribution >= 4 is 26.3 Å². The second-order valence-corrected chi connectivity index (χ2v) is 4.38. The van der Waals surface area contributed by atoms with Gasteiger partial charge in [0.25, 0.3) is 9.92 Å². The summed E-state index contributed by atoms with van der Waals surface area (Å²) in [6, 6.07) is 0. The van der Waals surface area contributed by atoms with Crippen molar-refractivity contribution < 1.29 is 27.3 Å². The highest BCUT2D eigenvalue weighted by atomic mass is 32.2. The van der Waals surface area contributed by atoms with Crippen LogP contribution in [-0.2, 0) is 15.0 Å². The van der Waals surface area contributed by atoms with Gasteiger partial charge in [-0.2, -0.15) is 12.4 Å². The average Bonchev–Trinajstić information content (AvgIpc) is 1.85. The van der Waals surface area contributed by atoms with Gasteiger partial charge < -0.3 is 9.53 Å². The van der Waals surface area contributed by atoms with E-state index >= 15 is 0 Å². The Kier molecular flexibility index (Phi) is 4.16. The van der Waals surface area contributed by atoms with Gasteiger partial charge in [-0.25, -0.2) is 4.79 Å². The van der Waals surface area contributed by atoms with Crippen molar-refractivity contribution in [1.29, 1.82) is 0 Å². The van der Waals surface area contributed by atoms with E-state index in [1.807, 2.05) is 0 Å². The summed E-state index contributed by atoms with van der Waals surface area (Å²) in [6.07, 6.45) is -1.26. The van der Waals surface area contributed by atoms with Crippen LogP contribution in [0.3, 0.4) is 0 Å². The van der Waals surface area contributed by atoms with Gasteiger partial charge in [-0.15, -0.1) is 0 Å². The lowest BCUT2D eigenvalue weighted by Crippen LogP contribution is -2.39. The topological polar surface area (TPSA) is 104 Å². The zero-order chi connectivity index (χ0) is 9.78. The van der Waals surface area contributed by atoms with Gasteiger partial charge in [0, 0.05) is 0 Å². The van der Waals surface area contributed by atoms with E-state index in [4.69, 9.17) is 9.35 Å². The standard InChI is InChI=1S/C3H9NO6SSi/c1-2-10-3(5)4(12-9)11(6,7)8/h9H,2,12H2,1H3,(H,6,7,8). The summed E-state index contributed by atoms with van der Waals surface area (Å²) < 4.78 is 33.2. The van der Waals surface area contributed by atoms with Crippen LogP contribution in [0.5, 0.6) is 0 Å². The summed E-state index contributed by atoms with van der Waals surface area (Å²) in [5.74, 6) is 0. The van der Waals surface area contributed by atoms with Gasteiger partial charge in [-0.1, -0.05) is 0 Å².